The van der Waals surface area contributed by atoms with Gasteiger partial charge in [-0.2, -0.15) is 13.5 Å². The zero-order valence-corrected chi connectivity index (χ0v) is 13.7. The van der Waals surface area contributed by atoms with Crippen LogP contribution in [0.3, 0.4) is 0 Å². The molecule has 134 valence electrons. The number of hydrazine groups is 1. The fourth-order valence-electron chi connectivity index (χ4n) is 3.09. The number of carbonyl (C=O) groups excluding carboxylic acids is 3. The molecule has 1 aliphatic carbocycles. The largest absolute Gasteiger partial charge is 0.418 e. The Morgan fingerprint density at radius 1 is 1.25 bits per heavy atom. The van der Waals surface area contributed by atoms with Gasteiger partial charge in [-0.3, -0.25) is 25.0 Å². The van der Waals surface area contributed by atoms with Gasteiger partial charge in [-0.15, -0.1) is 4.28 Å². The molecule has 1 saturated carbocycles. The molecule has 4 atom stereocenters. The molecular weight excluding hydrogens is 344 g/mol. The highest BCUT2D eigenvalue weighted by Gasteiger charge is 2.49. The minimum absolute atomic E-state index is 0.0973. The Kier molecular flexibility index (Phi) is 4.13. The van der Waals surface area contributed by atoms with Crippen LogP contribution in [0.2, 0.25) is 0 Å². The summed E-state index contributed by atoms with van der Waals surface area (Å²) in [6, 6.07) is -2.23. The van der Waals surface area contributed by atoms with Gasteiger partial charge in [0.15, 0.2) is 0 Å². The summed E-state index contributed by atoms with van der Waals surface area (Å²) in [5.41, 5.74) is 4.64. The third-order valence-electron chi connectivity index (χ3n) is 4.56. The lowest BCUT2D eigenvalue weighted by Crippen LogP contribution is -2.54. The van der Waals surface area contributed by atoms with Crippen molar-refractivity contribution < 1.29 is 31.6 Å². The number of urea groups is 1. The van der Waals surface area contributed by atoms with Crippen LogP contribution in [0, 0.1) is 11.8 Å². The van der Waals surface area contributed by atoms with Gasteiger partial charge in [0.25, 0.3) is 5.91 Å². The van der Waals surface area contributed by atoms with Gasteiger partial charge in [0.05, 0.1) is 6.04 Å². The standard InChI is InChI=1S/C12H18N4O7S/c1-6-4-8(6)10(17)13-14-11(18)9-3-2-7-5-15(9)12(19)16(7)23-24(20,21)22/h6-9H,2-5H2,1H3,(H,13,17)(H,14,18)(H,20,21,22)/t6?,7?,8?,9-/m0/s1. The van der Waals surface area contributed by atoms with E-state index in [-0.39, 0.29) is 24.8 Å². The molecule has 2 bridgehead atoms. The van der Waals surface area contributed by atoms with E-state index in [4.69, 9.17) is 4.55 Å². The zero-order valence-electron chi connectivity index (χ0n) is 12.8. The van der Waals surface area contributed by atoms with Crippen molar-refractivity contribution in [2.45, 2.75) is 38.3 Å². The molecule has 12 heteroatoms. The Bertz CT molecular complexity index is 681. The maximum Gasteiger partial charge on any atom is 0.418 e. The van der Waals surface area contributed by atoms with E-state index in [0.717, 1.165) is 11.3 Å². The lowest BCUT2D eigenvalue weighted by Gasteiger charge is -2.29. The molecule has 0 aromatic carbocycles. The van der Waals surface area contributed by atoms with Crippen molar-refractivity contribution >= 4 is 28.2 Å². The number of fused-ring (bicyclic) bond motifs is 2. The van der Waals surface area contributed by atoms with Crippen LogP contribution in [-0.4, -0.2) is 59.4 Å². The van der Waals surface area contributed by atoms with Gasteiger partial charge in [-0.1, -0.05) is 6.92 Å². The van der Waals surface area contributed by atoms with Crippen LogP contribution in [0.1, 0.15) is 26.2 Å². The number of rotatable bonds is 4. The molecule has 24 heavy (non-hydrogen) atoms. The van der Waals surface area contributed by atoms with E-state index in [1.165, 1.54) is 0 Å². The lowest BCUT2D eigenvalue weighted by atomic mass is 10.0. The number of carbonyl (C=O) groups is 3. The molecule has 0 radical (unpaired) electrons. The first-order chi connectivity index (χ1) is 11.2. The van der Waals surface area contributed by atoms with Crippen LogP contribution in [0.15, 0.2) is 0 Å². The third-order valence-corrected chi connectivity index (χ3v) is 4.90. The Hall–Kier alpha value is -1.92. The SMILES string of the molecule is CC1CC1C(=O)NNC(=O)[C@@H]1CCC2CN1C(=O)N2OS(=O)(=O)O. The fraction of sp³-hybridized carbons (Fsp3) is 0.750. The maximum atomic E-state index is 12.2. The highest BCUT2D eigenvalue weighted by molar-refractivity contribution is 7.80. The third kappa shape index (κ3) is 3.30. The molecule has 2 aliphatic heterocycles. The van der Waals surface area contributed by atoms with Crippen molar-refractivity contribution in [3.8, 4) is 0 Å². The number of nitrogens with zero attached hydrogens (tertiary/aromatic N) is 2. The molecular formula is C12H18N4O7S. The Labute approximate surface area is 138 Å². The smallest absolute Gasteiger partial charge is 0.309 e. The number of hydrogen-bond acceptors (Lipinski definition) is 6. The second kappa shape index (κ2) is 5.86. The van der Waals surface area contributed by atoms with E-state index in [1.807, 2.05) is 6.92 Å². The predicted octanol–water partition coefficient (Wildman–Crippen LogP) is -1.21. The molecule has 3 N–H and O–H groups in total. The van der Waals surface area contributed by atoms with Gasteiger partial charge in [-0.05, 0) is 25.2 Å². The van der Waals surface area contributed by atoms with Crippen LogP contribution in [0.4, 0.5) is 4.79 Å². The summed E-state index contributed by atoms with van der Waals surface area (Å²) in [5.74, 6) is -0.637. The number of hydrogen-bond donors (Lipinski definition) is 3. The molecule has 0 aromatic heterocycles. The summed E-state index contributed by atoms with van der Waals surface area (Å²) in [6.07, 6.45) is 1.38. The van der Waals surface area contributed by atoms with Crippen LogP contribution in [0.5, 0.6) is 0 Å². The Morgan fingerprint density at radius 2 is 1.88 bits per heavy atom. The molecule has 3 aliphatic rings. The van der Waals surface area contributed by atoms with E-state index in [2.05, 4.69) is 15.1 Å². The average Bonchev–Trinajstić information content (AvgIpc) is 3.20. The minimum Gasteiger partial charge on any atom is -0.309 e. The molecule has 2 saturated heterocycles. The first-order valence-electron chi connectivity index (χ1n) is 7.54. The number of hydroxylamine groups is 2. The van der Waals surface area contributed by atoms with Crippen LogP contribution in [-0.2, 0) is 24.3 Å². The second-order valence-corrected chi connectivity index (χ2v) is 7.31. The van der Waals surface area contributed by atoms with E-state index in [0.29, 0.717) is 17.4 Å². The molecule has 3 fully saturated rings. The molecule has 3 unspecified atom stereocenters. The topological polar surface area (TPSA) is 145 Å². The van der Waals surface area contributed by atoms with Crippen molar-refractivity contribution in [3.63, 3.8) is 0 Å². The molecule has 11 nitrogen and oxygen atoms in total. The summed E-state index contributed by atoms with van der Waals surface area (Å²) in [5, 5.41) is 0.563. The van der Waals surface area contributed by atoms with E-state index in [1.54, 1.807) is 0 Å². The number of amides is 4. The summed E-state index contributed by atoms with van der Waals surface area (Å²) < 4.78 is 34.6. The highest BCUT2D eigenvalue weighted by atomic mass is 32.3. The zero-order chi connectivity index (χ0) is 17.6. The van der Waals surface area contributed by atoms with Crippen LogP contribution >= 0.6 is 0 Å². The number of piperidine rings is 1. The quantitative estimate of drug-likeness (QED) is 0.420. The number of nitrogens with one attached hydrogen (secondary N) is 2. The normalized spacial score (nSPS) is 31.8. The van der Waals surface area contributed by atoms with Crippen molar-refractivity contribution in [2.24, 2.45) is 11.8 Å². The highest BCUT2D eigenvalue weighted by Crippen LogP contribution is 2.37. The lowest BCUT2D eigenvalue weighted by molar-refractivity contribution is -0.132. The van der Waals surface area contributed by atoms with Gasteiger partial charge in [0.2, 0.25) is 5.91 Å². The van der Waals surface area contributed by atoms with Crippen molar-refractivity contribution in [2.75, 3.05) is 6.54 Å². The molecule has 0 aromatic rings. The molecule has 3 rings (SSSR count). The molecule has 4 amide bonds. The monoisotopic (exact) mass is 362 g/mol. The van der Waals surface area contributed by atoms with E-state index in [9.17, 15) is 22.8 Å². The first-order valence-corrected chi connectivity index (χ1v) is 8.90. The van der Waals surface area contributed by atoms with Gasteiger partial charge in [0, 0.05) is 12.5 Å². The predicted molar refractivity (Wildman–Crippen MR) is 76.9 cm³/mol. The Balaban J connectivity index is 1.59. The molecule has 0 spiro atoms. The summed E-state index contributed by atoms with van der Waals surface area (Å²) in [4.78, 5) is 37.2. The maximum absolute atomic E-state index is 12.2. The van der Waals surface area contributed by atoms with E-state index >= 15 is 0 Å². The summed E-state index contributed by atoms with van der Waals surface area (Å²) in [6.45, 7) is 2.03. The average molecular weight is 362 g/mol. The first kappa shape index (κ1) is 16.9. The van der Waals surface area contributed by atoms with Crippen LogP contribution in [0.25, 0.3) is 0 Å². The van der Waals surface area contributed by atoms with E-state index < -0.39 is 34.4 Å². The summed E-state index contributed by atoms with van der Waals surface area (Å²) >= 11 is 0. The fourth-order valence-corrected chi connectivity index (χ4v) is 3.48. The van der Waals surface area contributed by atoms with Gasteiger partial charge in [-0.25, -0.2) is 4.79 Å². The van der Waals surface area contributed by atoms with Crippen molar-refractivity contribution in [1.82, 2.24) is 20.8 Å². The second-order valence-electron chi connectivity index (χ2n) is 6.31. The van der Waals surface area contributed by atoms with Gasteiger partial charge >= 0.3 is 16.4 Å². The Morgan fingerprint density at radius 3 is 2.46 bits per heavy atom. The minimum atomic E-state index is -4.83. The van der Waals surface area contributed by atoms with Crippen molar-refractivity contribution in [1.29, 1.82) is 0 Å². The van der Waals surface area contributed by atoms with Crippen LogP contribution < -0.4 is 10.9 Å². The van der Waals surface area contributed by atoms with Crippen molar-refractivity contribution in [3.05, 3.63) is 0 Å². The van der Waals surface area contributed by atoms with Gasteiger partial charge in [0.1, 0.15) is 6.04 Å². The molecule has 2 heterocycles. The summed E-state index contributed by atoms with van der Waals surface area (Å²) in [7, 11) is -4.83. The van der Waals surface area contributed by atoms with Gasteiger partial charge < -0.3 is 4.90 Å².